The molecule has 0 aromatic carbocycles. The highest BCUT2D eigenvalue weighted by Crippen LogP contribution is 2.22. The maximum atomic E-state index is 12.6. The predicted molar refractivity (Wildman–Crippen MR) is 73.8 cm³/mol. The Balaban J connectivity index is 2.70. The predicted octanol–water partition coefficient (Wildman–Crippen LogP) is 1.32. The van der Waals surface area contributed by atoms with E-state index in [1.165, 1.54) is 0 Å². The van der Waals surface area contributed by atoms with E-state index >= 15 is 0 Å². The Morgan fingerprint density at radius 1 is 1.26 bits per heavy atom. The third-order valence-corrected chi connectivity index (χ3v) is 3.92. The number of carbonyl (C=O) groups excluding carboxylic acids is 2. The number of unbranched alkanes of at least 4 members (excludes halogenated alkanes) is 1. The lowest BCUT2D eigenvalue weighted by atomic mass is 9.91. The number of hydrogen-bond donors (Lipinski definition) is 1. The van der Waals surface area contributed by atoms with E-state index in [2.05, 4.69) is 5.32 Å². The Hall–Kier alpha value is -1.10. The molecule has 0 spiro atoms. The molecule has 110 valence electrons. The number of methoxy groups -OCH3 is 1. The fourth-order valence-corrected chi connectivity index (χ4v) is 2.52. The molecule has 0 aromatic heterocycles. The highest BCUT2D eigenvalue weighted by molar-refractivity contribution is 5.93. The van der Waals surface area contributed by atoms with Gasteiger partial charge in [-0.25, -0.2) is 0 Å². The minimum absolute atomic E-state index is 0.0172. The summed E-state index contributed by atoms with van der Waals surface area (Å²) in [7, 11) is 1.68. The summed E-state index contributed by atoms with van der Waals surface area (Å²) < 4.78 is 5.01. The van der Waals surface area contributed by atoms with Gasteiger partial charge in [0.2, 0.25) is 11.8 Å². The second kappa shape index (κ2) is 7.48. The van der Waals surface area contributed by atoms with Crippen molar-refractivity contribution in [2.75, 3.05) is 26.8 Å². The van der Waals surface area contributed by atoms with Crippen LogP contribution < -0.4 is 5.32 Å². The Labute approximate surface area is 115 Å². The summed E-state index contributed by atoms with van der Waals surface area (Å²) >= 11 is 0. The molecule has 1 aliphatic rings. The van der Waals surface area contributed by atoms with Crippen molar-refractivity contribution in [2.45, 2.75) is 51.5 Å². The first-order valence-electron chi connectivity index (χ1n) is 7.19. The van der Waals surface area contributed by atoms with E-state index in [4.69, 9.17) is 4.74 Å². The minimum Gasteiger partial charge on any atom is -0.385 e. The van der Waals surface area contributed by atoms with Crippen LogP contribution in [0.15, 0.2) is 0 Å². The van der Waals surface area contributed by atoms with Crippen LogP contribution in [0.4, 0.5) is 0 Å². The molecule has 0 bridgehead atoms. The van der Waals surface area contributed by atoms with E-state index in [1.54, 1.807) is 7.11 Å². The molecule has 1 rings (SSSR count). The van der Waals surface area contributed by atoms with Crippen molar-refractivity contribution in [3.63, 3.8) is 0 Å². The number of rotatable bonds is 7. The smallest absolute Gasteiger partial charge is 0.248 e. The van der Waals surface area contributed by atoms with Gasteiger partial charge in [-0.15, -0.1) is 0 Å². The second-order valence-corrected chi connectivity index (χ2v) is 5.08. The van der Waals surface area contributed by atoms with E-state index < -0.39 is 5.54 Å². The van der Waals surface area contributed by atoms with Gasteiger partial charge in [0.1, 0.15) is 5.54 Å². The molecule has 5 nitrogen and oxygen atoms in total. The number of nitrogens with one attached hydrogen (secondary N) is 1. The van der Waals surface area contributed by atoms with Gasteiger partial charge in [0.05, 0.1) is 0 Å². The summed E-state index contributed by atoms with van der Waals surface area (Å²) in [4.78, 5) is 26.2. The number of amides is 2. The van der Waals surface area contributed by atoms with Gasteiger partial charge in [-0.05, 0) is 25.7 Å². The second-order valence-electron chi connectivity index (χ2n) is 5.08. The molecular formula is C14H26N2O3. The molecule has 1 fully saturated rings. The number of ether oxygens (including phenoxy) is 1. The van der Waals surface area contributed by atoms with Gasteiger partial charge in [-0.2, -0.15) is 0 Å². The highest BCUT2D eigenvalue weighted by Gasteiger charge is 2.41. The molecule has 19 heavy (non-hydrogen) atoms. The zero-order chi connectivity index (χ0) is 14.3. The van der Waals surface area contributed by atoms with Crippen molar-refractivity contribution >= 4 is 11.8 Å². The zero-order valence-electron chi connectivity index (χ0n) is 12.3. The van der Waals surface area contributed by atoms with Crippen molar-refractivity contribution in [3.8, 4) is 0 Å². The fourth-order valence-electron chi connectivity index (χ4n) is 2.52. The monoisotopic (exact) mass is 270 g/mol. The third-order valence-electron chi connectivity index (χ3n) is 3.92. The standard InChI is InChI=1S/C14H26N2O3/c1-4-14(5-2)13(18)16(9-6-7-11-19-3)10-8-12(17)15-14/h4-11H2,1-3H3,(H,15,17). The van der Waals surface area contributed by atoms with Crippen LogP contribution >= 0.6 is 0 Å². The van der Waals surface area contributed by atoms with Crippen LogP contribution in [-0.2, 0) is 14.3 Å². The lowest BCUT2D eigenvalue weighted by molar-refractivity contribution is -0.139. The van der Waals surface area contributed by atoms with E-state index in [9.17, 15) is 9.59 Å². The average Bonchev–Trinajstić information content (AvgIpc) is 2.54. The molecule has 1 saturated heterocycles. The number of hydrogen-bond acceptors (Lipinski definition) is 3. The van der Waals surface area contributed by atoms with Crippen LogP contribution in [0.3, 0.4) is 0 Å². The van der Waals surface area contributed by atoms with Crippen LogP contribution in [0.2, 0.25) is 0 Å². The maximum absolute atomic E-state index is 12.6. The summed E-state index contributed by atoms with van der Waals surface area (Å²) in [5.41, 5.74) is -0.700. The molecular weight excluding hydrogens is 244 g/mol. The molecule has 0 unspecified atom stereocenters. The lowest BCUT2D eigenvalue weighted by Gasteiger charge is -2.33. The van der Waals surface area contributed by atoms with E-state index in [0.717, 1.165) is 12.8 Å². The molecule has 0 saturated carbocycles. The minimum atomic E-state index is -0.700. The van der Waals surface area contributed by atoms with Crippen molar-refractivity contribution in [1.29, 1.82) is 0 Å². The molecule has 5 heteroatoms. The Kier molecular flexibility index (Phi) is 6.28. The van der Waals surface area contributed by atoms with Gasteiger partial charge < -0.3 is 15.0 Å². The van der Waals surface area contributed by atoms with E-state index in [0.29, 0.717) is 39.0 Å². The quantitative estimate of drug-likeness (QED) is 0.710. The summed E-state index contributed by atoms with van der Waals surface area (Å²) in [5.74, 6) is 0.0530. The molecule has 1 aliphatic heterocycles. The Bertz CT molecular complexity index is 314. The zero-order valence-corrected chi connectivity index (χ0v) is 12.3. The van der Waals surface area contributed by atoms with Crippen LogP contribution in [0.25, 0.3) is 0 Å². The van der Waals surface area contributed by atoms with Gasteiger partial charge >= 0.3 is 0 Å². The summed E-state index contributed by atoms with van der Waals surface area (Å²) in [6.07, 6.45) is 3.53. The van der Waals surface area contributed by atoms with Crippen molar-refractivity contribution in [1.82, 2.24) is 10.2 Å². The third kappa shape index (κ3) is 3.93. The maximum Gasteiger partial charge on any atom is 0.248 e. The Morgan fingerprint density at radius 2 is 1.95 bits per heavy atom. The molecule has 0 aromatic rings. The SMILES string of the molecule is CCC1(CC)NC(=O)CCN(CCCCOC)C1=O. The summed E-state index contributed by atoms with van der Waals surface area (Å²) in [6, 6.07) is 0. The van der Waals surface area contributed by atoms with Crippen molar-refractivity contribution in [3.05, 3.63) is 0 Å². The van der Waals surface area contributed by atoms with Crippen molar-refractivity contribution in [2.24, 2.45) is 0 Å². The average molecular weight is 270 g/mol. The number of nitrogens with zero attached hydrogens (tertiary/aromatic N) is 1. The number of carbonyl (C=O) groups is 2. The van der Waals surface area contributed by atoms with E-state index in [-0.39, 0.29) is 11.8 Å². The van der Waals surface area contributed by atoms with Crippen LogP contribution in [0.1, 0.15) is 46.0 Å². The molecule has 0 aliphatic carbocycles. The molecule has 1 N–H and O–H groups in total. The van der Waals surface area contributed by atoms with Gasteiger partial charge in [-0.3, -0.25) is 9.59 Å². The first-order valence-corrected chi connectivity index (χ1v) is 7.19. The normalized spacial score (nSPS) is 19.2. The molecule has 2 amide bonds. The van der Waals surface area contributed by atoms with Crippen LogP contribution in [0, 0.1) is 0 Å². The largest absolute Gasteiger partial charge is 0.385 e. The van der Waals surface area contributed by atoms with Gasteiger partial charge in [0.25, 0.3) is 0 Å². The van der Waals surface area contributed by atoms with Gasteiger partial charge in [0, 0.05) is 33.2 Å². The van der Waals surface area contributed by atoms with E-state index in [1.807, 2.05) is 18.7 Å². The van der Waals surface area contributed by atoms with Crippen LogP contribution in [-0.4, -0.2) is 49.1 Å². The van der Waals surface area contributed by atoms with Crippen LogP contribution in [0.5, 0.6) is 0 Å². The lowest BCUT2D eigenvalue weighted by Crippen LogP contribution is -2.56. The molecule has 0 atom stereocenters. The Morgan fingerprint density at radius 3 is 2.53 bits per heavy atom. The van der Waals surface area contributed by atoms with Crippen molar-refractivity contribution < 1.29 is 14.3 Å². The molecule has 1 heterocycles. The first kappa shape index (κ1) is 16.0. The summed E-state index contributed by atoms with van der Waals surface area (Å²) in [6.45, 7) is 5.86. The highest BCUT2D eigenvalue weighted by atomic mass is 16.5. The fraction of sp³-hybridized carbons (Fsp3) is 0.857. The molecule has 0 radical (unpaired) electrons. The first-order chi connectivity index (χ1) is 9.09. The van der Waals surface area contributed by atoms with Gasteiger partial charge in [0.15, 0.2) is 0 Å². The summed E-state index contributed by atoms with van der Waals surface area (Å²) in [5, 5.41) is 2.92. The van der Waals surface area contributed by atoms with Gasteiger partial charge in [-0.1, -0.05) is 13.8 Å². The topological polar surface area (TPSA) is 58.6 Å².